The number of amides is 1. The van der Waals surface area contributed by atoms with Crippen LogP contribution in [0.4, 0.5) is 0 Å². The molecule has 25 heavy (non-hydrogen) atoms. The van der Waals surface area contributed by atoms with E-state index in [9.17, 15) is 4.79 Å². The summed E-state index contributed by atoms with van der Waals surface area (Å²) < 4.78 is 5.36. The van der Waals surface area contributed by atoms with E-state index in [-0.39, 0.29) is 11.8 Å². The second-order valence-corrected chi connectivity index (χ2v) is 7.44. The van der Waals surface area contributed by atoms with Gasteiger partial charge in [-0.15, -0.1) is 0 Å². The molecule has 5 nitrogen and oxygen atoms in total. The van der Waals surface area contributed by atoms with Crippen molar-refractivity contribution < 1.29 is 9.32 Å². The van der Waals surface area contributed by atoms with Gasteiger partial charge in [-0.25, -0.2) is 0 Å². The molecule has 0 spiro atoms. The quantitative estimate of drug-likeness (QED) is 0.846. The number of aryl methyl sites for hydroxylation is 2. The van der Waals surface area contributed by atoms with Gasteiger partial charge in [0.25, 0.3) is 5.91 Å². The number of nitrogens with zero attached hydrogens (tertiary/aromatic N) is 3. The summed E-state index contributed by atoms with van der Waals surface area (Å²) in [5, 5.41) is 4.03. The summed E-state index contributed by atoms with van der Waals surface area (Å²) in [6.45, 7) is 9.83. The molecule has 1 fully saturated rings. The lowest BCUT2D eigenvalue weighted by Gasteiger charge is -2.31. The first-order chi connectivity index (χ1) is 11.9. The van der Waals surface area contributed by atoms with Crippen molar-refractivity contribution in [1.29, 1.82) is 0 Å². The number of benzene rings is 1. The first kappa shape index (κ1) is 17.6. The smallest absolute Gasteiger partial charge is 0.253 e. The molecule has 1 aliphatic heterocycles. The Labute approximate surface area is 149 Å². The average molecular weight is 341 g/mol. The van der Waals surface area contributed by atoms with Gasteiger partial charge < -0.3 is 9.42 Å². The highest BCUT2D eigenvalue weighted by molar-refractivity contribution is 5.94. The van der Waals surface area contributed by atoms with Gasteiger partial charge in [0.05, 0.1) is 0 Å². The Balaban J connectivity index is 1.55. The lowest BCUT2D eigenvalue weighted by atomic mass is 9.93. The van der Waals surface area contributed by atoms with Gasteiger partial charge in [-0.05, 0) is 55.9 Å². The van der Waals surface area contributed by atoms with E-state index < -0.39 is 0 Å². The number of likely N-dealkylation sites (tertiary alicyclic amines) is 1. The molecular formula is C20H27N3O2. The van der Waals surface area contributed by atoms with Crippen LogP contribution in [0.1, 0.15) is 65.8 Å². The number of hydrogen-bond donors (Lipinski definition) is 0. The van der Waals surface area contributed by atoms with Gasteiger partial charge in [-0.3, -0.25) is 4.79 Å². The summed E-state index contributed by atoms with van der Waals surface area (Å²) in [4.78, 5) is 19.1. The topological polar surface area (TPSA) is 59.2 Å². The van der Waals surface area contributed by atoms with Gasteiger partial charge in [-0.2, -0.15) is 4.98 Å². The van der Waals surface area contributed by atoms with Crippen LogP contribution < -0.4 is 0 Å². The van der Waals surface area contributed by atoms with E-state index in [1.807, 2.05) is 30.0 Å². The van der Waals surface area contributed by atoms with E-state index in [0.717, 1.165) is 55.2 Å². The van der Waals surface area contributed by atoms with Gasteiger partial charge in [0.15, 0.2) is 5.82 Å². The first-order valence-electron chi connectivity index (χ1n) is 9.13. The van der Waals surface area contributed by atoms with Gasteiger partial charge in [-0.1, -0.05) is 25.1 Å². The van der Waals surface area contributed by atoms with Crippen molar-refractivity contribution in [2.75, 3.05) is 13.1 Å². The Kier molecular flexibility index (Phi) is 5.21. The Morgan fingerprint density at radius 3 is 2.56 bits per heavy atom. The summed E-state index contributed by atoms with van der Waals surface area (Å²) >= 11 is 0. The maximum Gasteiger partial charge on any atom is 0.253 e. The van der Waals surface area contributed by atoms with E-state index in [0.29, 0.717) is 5.92 Å². The standard InChI is InChI=1S/C20H27N3O2/c1-13(2)19-21-18(25-22-19)12-16-7-9-23(10-8-16)20(24)17-6-5-14(3)15(4)11-17/h5-6,11,13,16H,7-10,12H2,1-4H3. The second kappa shape index (κ2) is 7.38. The maximum absolute atomic E-state index is 12.7. The minimum absolute atomic E-state index is 0.140. The van der Waals surface area contributed by atoms with Crippen LogP contribution >= 0.6 is 0 Å². The Bertz CT molecular complexity index is 743. The van der Waals surface area contributed by atoms with E-state index in [1.165, 1.54) is 5.56 Å². The lowest BCUT2D eigenvalue weighted by Crippen LogP contribution is -2.39. The first-order valence-corrected chi connectivity index (χ1v) is 9.13. The Hall–Kier alpha value is -2.17. The predicted molar refractivity (Wildman–Crippen MR) is 96.6 cm³/mol. The minimum Gasteiger partial charge on any atom is -0.339 e. The SMILES string of the molecule is Cc1ccc(C(=O)N2CCC(Cc3nc(C(C)C)no3)CC2)cc1C. The van der Waals surface area contributed by atoms with Crippen LogP contribution in [0.25, 0.3) is 0 Å². The summed E-state index contributed by atoms with van der Waals surface area (Å²) in [6, 6.07) is 5.95. The molecule has 1 amide bonds. The van der Waals surface area contributed by atoms with Gasteiger partial charge in [0, 0.05) is 31.0 Å². The molecule has 0 saturated carbocycles. The summed E-state index contributed by atoms with van der Waals surface area (Å²) in [5.74, 6) is 2.43. The predicted octanol–water partition coefficient (Wildman–Crippen LogP) is 3.90. The van der Waals surface area contributed by atoms with Crippen LogP contribution in [0.3, 0.4) is 0 Å². The highest BCUT2D eigenvalue weighted by atomic mass is 16.5. The average Bonchev–Trinajstić information content (AvgIpc) is 3.06. The Morgan fingerprint density at radius 1 is 1.24 bits per heavy atom. The number of rotatable bonds is 4. The molecule has 0 bridgehead atoms. The molecule has 1 aromatic carbocycles. The lowest BCUT2D eigenvalue weighted by molar-refractivity contribution is 0.0687. The molecule has 1 aliphatic rings. The molecule has 0 atom stereocenters. The fourth-order valence-electron chi connectivity index (χ4n) is 3.23. The number of carbonyl (C=O) groups excluding carboxylic acids is 1. The summed E-state index contributed by atoms with van der Waals surface area (Å²) in [5.41, 5.74) is 3.17. The molecule has 0 unspecified atom stereocenters. The Morgan fingerprint density at radius 2 is 1.96 bits per heavy atom. The van der Waals surface area contributed by atoms with Crippen molar-refractivity contribution in [3.05, 3.63) is 46.6 Å². The van der Waals surface area contributed by atoms with Gasteiger partial charge in [0.2, 0.25) is 5.89 Å². The number of piperidine rings is 1. The van der Waals surface area contributed by atoms with Gasteiger partial charge in [0.1, 0.15) is 0 Å². The van der Waals surface area contributed by atoms with Crippen LogP contribution in [0.5, 0.6) is 0 Å². The third kappa shape index (κ3) is 4.09. The van der Waals surface area contributed by atoms with Crippen molar-refractivity contribution >= 4 is 5.91 Å². The molecule has 0 radical (unpaired) electrons. The molecule has 1 saturated heterocycles. The van der Waals surface area contributed by atoms with Crippen LogP contribution in [0.15, 0.2) is 22.7 Å². The summed E-state index contributed by atoms with van der Waals surface area (Å²) in [6.07, 6.45) is 2.78. The molecule has 134 valence electrons. The second-order valence-electron chi connectivity index (χ2n) is 7.44. The van der Waals surface area contributed by atoms with Crippen LogP contribution in [-0.4, -0.2) is 34.0 Å². The highest BCUT2D eigenvalue weighted by Crippen LogP contribution is 2.23. The van der Waals surface area contributed by atoms with Crippen LogP contribution in [0, 0.1) is 19.8 Å². The zero-order valence-corrected chi connectivity index (χ0v) is 15.6. The third-order valence-electron chi connectivity index (χ3n) is 5.12. The summed E-state index contributed by atoms with van der Waals surface area (Å²) in [7, 11) is 0. The number of hydrogen-bond acceptors (Lipinski definition) is 4. The fraction of sp³-hybridized carbons (Fsp3) is 0.550. The number of carbonyl (C=O) groups is 1. The van der Waals surface area contributed by atoms with E-state index in [1.54, 1.807) is 0 Å². The van der Waals surface area contributed by atoms with E-state index in [2.05, 4.69) is 30.9 Å². The van der Waals surface area contributed by atoms with Gasteiger partial charge >= 0.3 is 0 Å². The molecular weight excluding hydrogens is 314 g/mol. The monoisotopic (exact) mass is 341 g/mol. The molecule has 5 heteroatoms. The molecule has 2 aromatic rings. The van der Waals surface area contributed by atoms with E-state index >= 15 is 0 Å². The molecule has 2 heterocycles. The minimum atomic E-state index is 0.140. The largest absolute Gasteiger partial charge is 0.339 e. The van der Waals surface area contributed by atoms with Crippen molar-refractivity contribution in [1.82, 2.24) is 15.0 Å². The normalized spacial score (nSPS) is 15.8. The van der Waals surface area contributed by atoms with Crippen molar-refractivity contribution in [2.45, 2.75) is 52.9 Å². The molecule has 3 rings (SSSR count). The third-order valence-corrected chi connectivity index (χ3v) is 5.12. The van der Waals surface area contributed by atoms with Crippen LogP contribution in [-0.2, 0) is 6.42 Å². The number of aromatic nitrogens is 2. The van der Waals surface area contributed by atoms with Crippen molar-refractivity contribution in [3.63, 3.8) is 0 Å². The molecule has 0 N–H and O–H groups in total. The van der Waals surface area contributed by atoms with Crippen molar-refractivity contribution in [2.24, 2.45) is 5.92 Å². The fourth-order valence-corrected chi connectivity index (χ4v) is 3.23. The van der Waals surface area contributed by atoms with Crippen molar-refractivity contribution in [3.8, 4) is 0 Å². The maximum atomic E-state index is 12.7. The highest BCUT2D eigenvalue weighted by Gasteiger charge is 2.25. The van der Waals surface area contributed by atoms with Crippen LogP contribution in [0.2, 0.25) is 0 Å². The zero-order chi connectivity index (χ0) is 18.0. The molecule has 1 aromatic heterocycles. The van der Waals surface area contributed by atoms with E-state index in [4.69, 9.17) is 4.52 Å². The zero-order valence-electron chi connectivity index (χ0n) is 15.6. The molecule has 0 aliphatic carbocycles.